The minimum Gasteiger partial charge on any atom is -0.449 e. The zero-order chi connectivity index (χ0) is 21.3. The summed E-state index contributed by atoms with van der Waals surface area (Å²) in [5, 5.41) is 4.28. The molecule has 0 radical (unpaired) electrons. The molecule has 1 N–H and O–H groups in total. The molecule has 162 valence electrons. The first-order chi connectivity index (χ1) is 14.3. The number of carbonyl (C=O) groups is 2. The van der Waals surface area contributed by atoms with Crippen LogP contribution in [0, 0.1) is 39.9 Å². The molecule has 0 aromatic rings. The van der Waals surface area contributed by atoms with E-state index in [1.54, 1.807) is 6.92 Å². The molecule has 0 aromatic carbocycles. The minimum absolute atomic E-state index is 0.0152. The highest BCUT2D eigenvalue weighted by Gasteiger charge is 2.76. The van der Waals surface area contributed by atoms with E-state index in [2.05, 4.69) is 42.6 Å². The monoisotopic (exact) mass is 410 g/mol. The summed E-state index contributed by atoms with van der Waals surface area (Å²) in [5.74, 6) is 2.91. The second kappa shape index (κ2) is 6.54. The van der Waals surface area contributed by atoms with Crippen molar-refractivity contribution in [2.24, 2.45) is 45.0 Å². The Hall–Kier alpha value is -1.91. The van der Waals surface area contributed by atoms with E-state index in [-0.39, 0.29) is 16.2 Å². The minimum atomic E-state index is -0.498. The van der Waals surface area contributed by atoms with E-state index in [1.807, 2.05) is 6.92 Å². The van der Waals surface area contributed by atoms with E-state index < -0.39 is 6.09 Å². The highest BCUT2D eigenvalue weighted by molar-refractivity contribution is 5.97. The van der Waals surface area contributed by atoms with Crippen LogP contribution in [0.2, 0.25) is 0 Å². The maximum absolute atomic E-state index is 12.6. The van der Waals surface area contributed by atoms with Crippen LogP contribution in [0.3, 0.4) is 0 Å². The van der Waals surface area contributed by atoms with Crippen LogP contribution in [-0.4, -0.2) is 24.2 Å². The Morgan fingerprint density at radius 1 is 1.27 bits per heavy atom. The largest absolute Gasteiger partial charge is 0.449 e. The van der Waals surface area contributed by atoms with Crippen molar-refractivity contribution in [1.29, 1.82) is 0 Å². The number of ether oxygens (including phenoxy) is 1. The number of hydrogen-bond acceptors (Lipinski definition) is 4. The molecule has 7 atom stereocenters. The number of rotatable bonds is 3. The maximum atomic E-state index is 12.6. The van der Waals surface area contributed by atoms with Gasteiger partial charge in [0.25, 0.3) is 0 Å². The summed E-state index contributed by atoms with van der Waals surface area (Å²) in [6.45, 7) is 8.81. The molecule has 3 saturated carbocycles. The third kappa shape index (κ3) is 2.50. The van der Waals surface area contributed by atoms with Crippen molar-refractivity contribution in [1.82, 2.24) is 5.43 Å². The Bertz CT molecular complexity index is 889. The fraction of sp³-hybridized carbons (Fsp3) is 0.720. The number of fused-ring (bicyclic) bond motifs is 7. The second-order valence-electron chi connectivity index (χ2n) is 10.7. The van der Waals surface area contributed by atoms with Crippen LogP contribution in [0.5, 0.6) is 0 Å². The van der Waals surface area contributed by atoms with Gasteiger partial charge in [0.05, 0.1) is 12.3 Å². The average molecular weight is 411 g/mol. The van der Waals surface area contributed by atoms with E-state index in [9.17, 15) is 9.59 Å². The summed E-state index contributed by atoms with van der Waals surface area (Å²) in [4.78, 5) is 24.2. The molecular weight excluding hydrogens is 376 g/mol. The van der Waals surface area contributed by atoms with Crippen LogP contribution in [0.4, 0.5) is 4.79 Å². The van der Waals surface area contributed by atoms with Crippen molar-refractivity contribution >= 4 is 17.6 Å². The van der Waals surface area contributed by atoms with Crippen LogP contribution < -0.4 is 5.43 Å². The van der Waals surface area contributed by atoms with Crippen LogP contribution in [0.25, 0.3) is 0 Å². The molecule has 0 bridgehead atoms. The lowest BCUT2D eigenvalue weighted by atomic mass is 9.47. The smallest absolute Gasteiger partial charge is 0.427 e. The Morgan fingerprint density at radius 2 is 2.07 bits per heavy atom. The first-order valence-corrected chi connectivity index (χ1v) is 11.7. The third-order valence-corrected chi connectivity index (χ3v) is 9.78. The number of hydrogen-bond donors (Lipinski definition) is 1. The van der Waals surface area contributed by atoms with Crippen LogP contribution in [-0.2, 0) is 9.53 Å². The number of carbonyl (C=O) groups excluding carboxylic acids is 2. The molecular formula is C25H34N2O3. The number of nitrogens with zero attached hydrogens (tertiary/aromatic N) is 1. The lowest BCUT2D eigenvalue weighted by Gasteiger charge is -2.57. The van der Waals surface area contributed by atoms with Crippen molar-refractivity contribution in [2.45, 2.75) is 66.2 Å². The Kier molecular flexibility index (Phi) is 4.37. The Morgan fingerprint density at radius 3 is 2.80 bits per heavy atom. The molecule has 5 nitrogen and oxygen atoms in total. The molecule has 5 heteroatoms. The molecule has 0 saturated heterocycles. The van der Waals surface area contributed by atoms with Crippen LogP contribution in [0.15, 0.2) is 28.9 Å². The third-order valence-electron chi connectivity index (χ3n) is 9.78. The number of nitrogens with one attached hydrogen (secondary N) is 1. The molecule has 30 heavy (non-hydrogen) atoms. The van der Waals surface area contributed by atoms with Gasteiger partial charge in [-0.25, -0.2) is 10.2 Å². The molecule has 5 rings (SSSR count). The van der Waals surface area contributed by atoms with E-state index in [1.165, 1.54) is 24.8 Å². The van der Waals surface area contributed by atoms with Gasteiger partial charge in [0.15, 0.2) is 0 Å². The fourth-order valence-electron chi connectivity index (χ4n) is 8.14. The van der Waals surface area contributed by atoms with E-state index >= 15 is 0 Å². The van der Waals surface area contributed by atoms with Gasteiger partial charge in [-0.3, -0.25) is 4.79 Å². The molecule has 1 amide bonds. The van der Waals surface area contributed by atoms with Gasteiger partial charge in [-0.05, 0) is 98.5 Å². The number of amides is 1. The molecule has 0 heterocycles. The van der Waals surface area contributed by atoms with Gasteiger partial charge in [0, 0.05) is 5.41 Å². The predicted molar refractivity (Wildman–Crippen MR) is 116 cm³/mol. The molecule has 3 fully saturated rings. The highest BCUT2D eigenvalue weighted by Crippen LogP contribution is 2.80. The second-order valence-corrected chi connectivity index (χ2v) is 10.7. The van der Waals surface area contributed by atoms with Gasteiger partial charge in [0.2, 0.25) is 0 Å². The number of Topliss-reactive ketones (excluding diaryl/α,β-unsaturated/α-hetero) is 1. The number of ketones is 1. The summed E-state index contributed by atoms with van der Waals surface area (Å²) in [5.41, 5.74) is 5.07. The molecule has 5 unspecified atom stereocenters. The SMILES string of the molecule is CCOC(=O)NN=C1C=C2C=CC3C(CC[C@@]4(C)C3CC3CC34C(C)=O)[C@@]2(C)CC1. The van der Waals surface area contributed by atoms with Crippen LogP contribution >= 0.6 is 0 Å². The summed E-state index contributed by atoms with van der Waals surface area (Å²) < 4.78 is 4.90. The fourth-order valence-corrected chi connectivity index (χ4v) is 8.14. The van der Waals surface area contributed by atoms with Gasteiger partial charge in [0.1, 0.15) is 5.78 Å². The summed E-state index contributed by atoms with van der Waals surface area (Å²) in [6.07, 6.45) is 13.1. The van der Waals surface area contributed by atoms with Crippen molar-refractivity contribution in [3.63, 3.8) is 0 Å². The molecule has 0 spiro atoms. The van der Waals surface area contributed by atoms with Gasteiger partial charge in [-0.1, -0.05) is 26.0 Å². The lowest BCUT2D eigenvalue weighted by molar-refractivity contribution is -0.130. The van der Waals surface area contributed by atoms with Gasteiger partial charge in [-0.15, -0.1) is 0 Å². The lowest BCUT2D eigenvalue weighted by Crippen LogP contribution is -2.51. The van der Waals surface area contributed by atoms with Gasteiger partial charge >= 0.3 is 6.09 Å². The normalized spacial score (nSPS) is 46.8. The zero-order valence-electron chi connectivity index (χ0n) is 18.7. The highest BCUT2D eigenvalue weighted by atomic mass is 16.5. The van der Waals surface area contributed by atoms with Crippen molar-refractivity contribution in [3.8, 4) is 0 Å². The predicted octanol–water partition coefficient (Wildman–Crippen LogP) is 5.03. The maximum Gasteiger partial charge on any atom is 0.427 e. The van der Waals surface area contributed by atoms with Gasteiger partial charge < -0.3 is 4.74 Å². The molecule has 0 aliphatic heterocycles. The molecule has 5 aliphatic carbocycles. The Balaban J connectivity index is 1.41. The topological polar surface area (TPSA) is 67.8 Å². The summed E-state index contributed by atoms with van der Waals surface area (Å²) in [7, 11) is 0. The first kappa shape index (κ1) is 20.0. The summed E-state index contributed by atoms with van der Waals surface area (Å²) in [6, 6.07) is 0. The first-order valence-electron chi connectivity index (χ1n) is 11.7. The van der Waals surface area contributed by atoms with E-state index in [4.69, 9.17) is 4.74 Å². The Labute approximate surface area is 179 Å². The molecule has 0 aromatic heterocycles. The van der Waals surface area contributed by atoms with Gasteiger partial charge in [-0.2, -0.15) is 5.10 Å². The van der Waals surface area contributed by atoms with E-state index in [0.717, 1.165) is 25.0 Å². The number of allylic oxidation sites excluding steroid dienone is 4. The summed E-state index contributed by atoms with van der Waals surface area (Å²) >= 11 is 0. The van der Waals surface area contributed by atoms with Crippen molar-refractivity contribution in [2.75, 3.05) is 6.61 Å². The number of hydrazone groups is 1. The molecule has 5 aliphatic rings. The van der Waals surface area contributed by atoms with Crippen molar-refractivity contribution < 1.29 is 14.3 Å². The standard InChI is InChI=1S/C25H34N2O3/c1-5-30-22(29)27-26-18-8-10-23(3)16(12-18)6-7-19-20(23)9-11-24(4)21(19)13-17-14-25(17,24)15(2)28/h6-7,12,17,19-21H,5,8-11,13-14H2,1-4H3,(H,27,29)/t17?,19?,20?,21?,23-,24-,25?/m0/s1. The van der Waals surface area contributed by atoms with Crippen LogP contribution in [0.1, 0.15) is 66.2 Å². The van der Waals surface area contributed by atoms with E-state index in [0.29, 0.717) is 36.1 Å². The average Bonchev–Trinajstić information content (AvgIpc) is 3.39. The zero-order valence-corrected chi connectivity index (χ0v) is 18.7. The quantitative estimate of drug-likeness (QED) is 0.663. The van der Waals surface area contributed by atoms with Crippen molar-refractivity contribution in [3.05, 3.63) is 23.8 Å².